The molecule has 1 aromatic rings. The van der Waals surface area contributed by atoms with E-state index in [1.165, 1.54) is 6.42 Å². The molecular formula is C18H26N4O2. The minimum Gasteiger partial charge on any atom is -0.493 e. The number of hydrogen-bond acceptors (Lipinski definition) is 3. The molecule has 3 rings (SSSR count). The molecule has 1 heterocycles. The minimum absolute atomic E-state index is 0.136. The maximum absolute atomic E-state index is 11.7. The van der Waals surface area contributed by atoms with Crippen molar-refractivity contribution in [1.29, 1.82) is 0 Å². The first-order valence-corrected chi connectivity index (χ1v) is 8.80. The van der Waals surface area contributed by atoms with Gasteiger partial charge in [0.25, 0.3) is 0 Å². The minimum atomic E-state index is 0.136. The highest BCUT2D eigenvalue weighted by Gasteiger charge is 2.24. The maximum atomic E-state index is 11.7. The van der Waals surface area contributed by atoms with Gasteiger partial charge in [-0.1, -0.05) is 24.6 Å². The number of rotatable bonds is 6. The van der Waals surface area contributed by atoms with Crippen LogP contribution >= 0.6 is 0 Å². The third-order valence-electron chi connectivity index (χ3n) is 4.67. The number of benzene rings is 1. The van der Waals surface area contributed by atoms with Crippen molar-refractivity contribution in [2.45, 2.75) is 38.1 Å². The van der Waals surface area contributed by atoms with Crippen LogP contribution in [0.2, 0.25) is 0 Å². The Hall–Kier alpha value is -2.24. The van der Waals surface area contributed by atoms with Crippen molar-refractivity contribution in [1.82, 2.24) is 10.6 Å². The van der Waals surface area contributed by atoms with Crippen molar-refractivity contribution >= 4 is 11.9 Å². The quantitative estimate of drug-likeness (QED) is 0.421. The highest BCUT2D eigenvalue weighted by atomic mass is 16.5. The fraction of sp³-hybridized carbons (Fsp3) is 0.556. The van der Waals surface area contributed by atoms with Gasteiger partial charge in [0.2, 0.25) is 5.91 Å². The molecule has 4 N–H and O–H groups in total. The summed E-state index contributed by atoms with van der Waals surface area (Å²) < 4.78 is 5.64. The van der Waals surface area contributed by atoms with Crippen LogP contribution in [0.15, 0.2) is 29.3 Å². The Morgan fingerprint density at radius 2 is 2.12 bits per heavy atom. The molecule has 0 saturated heterocycles. The summed E-state index contributed by atoms with van der Waals surface area (Å²) >= 11 is 0. The van der Waals surface area contributed by atoms with Crippen LogP contribution in [-0.2, 0) is 4.79 Å². The largest absolute Gasteiger partial charge is 0.493 e. The molecule has 1 aliphatic carbocycles. The lowest BCUT2D eigenvalue weighted by Gasteiger charge is -2.27. The first-order valence-electron chi connectivity index (χ1n) is 8.80. The number of hydrogen-bond donors (Lipinski definition) is 3. The molecule has 2 aliphatic rings. The van der Waals surface area contributed by atoms with Gasteiger partial charge in [-0.05, 0) is 25.3 Å². The highest BCUT2D eigenvalue weighted by Crippen LogP contribution is 2.31. The van der Waals surface area contributed by atoms with Gasteiger partial charge in [-0.15, -0.1) is 0 Å². The van der Waals surface area contributed by atoms with E-state index in [4.69, 9.17) is 10.5 Å². The molecule has 24 heavy (non-hydrogen) atoms. The number of carbonyl (C=O) groups is 1. The average molecular weight is 330 g/mol. The number of nitrogens with zero attached hydrogens (tertiary/aromatic N) is 1. The smallest absolute Gasteiger partial charge is 0.223 e. The molecule has 1 amide bonds. The molecule has 1 aromatic carbocycles. The van der Waals surface area contributed by atoms with Gasteiger partial charge in [-0.25, -0.2) is 0 Å². The third-order valence-corrected chi connectivity index (χ3v) is 4.67. The Bertz CT molecular complexity index is 598. The molecule has 1 fully saturated rings. The van der Waals surface area contributed by atoms with Gasteiger partial charge in [-0.2, -0.15) is 0 Å². The summed E-state index contributed by atoms with van der Waals surface area (Å²) in [6, 6.07) is 8.13. The van der Waals surface area contributed by atoms with Crippen molar-refractivity contribution in [2.75, 3.05) is 19.7 Å². The number of nitrogens with one attached hydrogen (secondary N) is 2. The zero-order valence-corrected chi connectivity index (χ0v) is 14.0. The molecule has 1 aliphatic heterocycles. The summed E-state index contributed by atoms with van der Waals surface area (Å²) in [4.78, 5) is 16.1. The standard InChI is InChI=1S/C18H26N4O2/c19-18(21-11-4-10-20-17(23)13-5-3-6-13)22-15-9-12-24-16-8-2-1-7-14(15)16/h1-2,7-8,13,15H,3-6,9-12H2,(H,20,23)(H3,19,21,22). The van der Waals surface area contributed by atoms with Crippen LogP contribution in [0, 0.1) is 5.92 Å². The second kappa shape index (κ2) is 8.04. The lowest BCUT2D eigenvalue weighted by atomic mass is 9.85. The number of fused-ring (bicyclic) bond motifs is 1. The molecule has 0 spiro atoms. The van der Waals surface area contributed by atoms with Crippen LogP contribution in [-0.4, -0.2) is 31.6 Å². The van der Waals surface area contributed by atoms with E-state index in [0.717, 1.165) is 37.0 Å². The Kier molecular flexibility index (Phi) is 5.56. The average Bonchev–Trinajstić information content (AvgIpc) is 2.53. The normalized spacial score (nSPS) is 20.5. The van der Waals surface area contributed by atoms with Crippen molar-refractivity contribution in [2.24, 2.45) is 16.6 Å². The molecule has 1 unspecified atom stereocenters. The van der Waals surface area contributed by atoms with Crippen molar-refractivity contribution in [3.63, 3.8) is 0 Å². The van der Waals surface area contributed by atoms with Crippen LogP contribution < -0.4 is 21.1 Å². The van der Waals surface area contributed by atoms with Gasteiger partial charge >= 0.3 is 0 Å². The summed E-state index contributed by atoms with van der Waals surface area (Å²) in [7, 11) is 0. The SMILES string of the molecule is NC(=NCCCNC(=O)C1CCC1)NC1CCOc2ccccc21. The van der Waals surface area contributed by atoms with Gasteiger partial charge in [0, 0.05) is 31.0 Å². The number of nitrogens with two attached hydrogens (primary N) is 1. The first-order chi connectivity index (χ1) is 11.7. The topological polar surface area (TPSA) is 88.7 Å². The van der Waals surface area contributed by atoms with Crippen LogP contribution in [0.4, 0.5) is 0 Å². The number of aliphatic imine (C=N–C) groups is 1. The van der Waals surface area contributed by atoms with E-state index in [1.807, 2.05) is 18.2 Å². The molecule has 0 bridgehead atoms. The Balaban J connectivity index is 1.39. The first kappa shape index (κ1) is 16.6. The second-order valence-electron chi connectivity index (χ2n) is 6.41. The van der Waals surface area contributed by atoms with E-state index in [2.05, 4.69) is 21.7 Å². The van der Waals surface area contributed by atoms with Gasteiger partial charge in [0.1, 0.15) is 5.75 Å². The van der Waals surface area contributed by atoms with E-state index in [1.54, 1.807) is 0 Å². The number of carbonyl (C=O) groups excluding carboxylic acids is 1. The van der Waals surface area contributed by atoms with Gasteiger partial charge in [0.15, 0.2) is 5.96 Å². The van der Waals surface area contributed by atoms with Gasteiger partial charge in [-0.3, -0.25) is 9.79 Å². The maximum Gasteiger partial charge on any atom is 0.223 e. The fourth-order valence-electron chi connectivity index (χ4n) is 3.02. The van der Waals surface area contributed by atoms with E-state index < -0.39 is 0 Å². The molecule has 0 radical (unpaired) electrons. The van der Waals surface area contributed by atoms with E-state index in [-0.39, 0.29) is 17.9 Å². The lowest BCUT2D eigenvalue weighted by molar-refractivity contribution is -0.127. The summed E-state index contributed by atoms with van der Waals surface area (Å²) in [6.07, 6.45) is 4.91. The van der Waals surface area contributed by atoms with E-state index in [9.17, 15) is 4.79 Å². The second-order valence-corrected chi connectivity index (χ2v) is 6.41. The van der Waals surface area contributed by atoms with Crippen LogP contribution in [0.5, 0.6) is 5.75 Å². The van der Waals surface area contributed by atoms with Crippen molar-refractivity contribution in [3.05, 3.63) is 29.8 Å². The van der Waals surface area contributed by atoms with Gasteiger partial charge < -0.3 is 21.1 Å². The zero-order valence-electron chi connectivity index (χ0n) is 14.0. The van der Waals surface area contributed by atoms with Crippen LogP contribution in [0.3, 0.4) is 0 Å². The lowest BCUT2D eigenvalue weighted by Crippen LogP contribution is -2.37. The van der Waals surface area contributed by atoms with Gasteiger partial charge in [0.05, 0.1) is 12.6 Å². The molecule has 130 valence electrons. The molecule has 1 atom stereocenters. The molecule has 6 heteroatoms. The molecule has 6 nitrogen and oxygen atoms in total. The summed E-state index contributed by atoms with van der Waals surface area (Å²) in [5.41, 5.74) is 7.11. The number of ether oxygens (including phenoxy) is 1. The van der Waals surface area contributed by atoms with Crippen LogP contribution in [0.1, 0.15) is 43.7 Å². The number of guanidine groups is 1. The van der Waals surface area contributed by atoms with Crippen LogP contribution in [0.25, 0.3) is 0 Å². The Morgan fingerprint density at radius 1 is 1.29 bits per heavy atom. The molecule has 0 aromatic heterocycles. The van der Waals surface area contributed by atoms with Crippen molar-refractivity contribution < 1.29 is 9.53 Å². The molecule has 1 saturated carbocycles. The zero-order chi connectivity index (χ0) is 16.8. The Morgan fingerprint density at radius 3 is 2.92 bits per heavy atom. The number of amides is 1. The van der Waals surface area contributed by atoms with E-state index >= 15 is 0 Å². The van der Waals surface area contributed by atoms with E-state index in [0.29, 0.717) is 25.7 Å². The Labute approximate surface area is 142 Å². The monoisotopic (exact) mass is 330 g/mol. The predicted molar refractivity (Wildman–Crippen MR) is 93.9 cm³/mol. The summed E-state index contributed by atoms with van der Waals surface area (Å²) in [6.45, 7) is 1.94. The number of para-hydroxylation sites is 1. The predicted octanol–water partition coefficient (Wildman–Crippen LogP) is 1.72. The summed E-state index contributed by atoms with van der Waals surface area (Å²) in [5, 5.41) is 6.24. The highest BCUT2D eigenvalue weighted by molar-refractivity contribution is 5.79. The summed E-state index contributed by atoms with van der Waals surface area (Å²) in [5.74, 6) is 1.79. The van der Waals surface area contributed by atoms with Crippen molar-refractivity contribution in [3.8, 4) is 5.75 Å². The third kappa shape index (κ3) is 4.19. The molecular weight excluding hydrogens is 304 g/mol. The fourth-order valence-corrected chi connectivity index (χ4v) is 3.02.